The van der Waals surface area contributed by atoms with Crippen LogP contribution in [0.15, 0.2) is 24.8 Å². The van der Waals surface area contributed by atoms with Gasteiger partial charge >= 0.3 is 0 Å². The molecule has 0 N–H and O–H groups in total. The standard InChI is InChI=1S/C25H42N4/c1-3-10-24(11-4-1)28-16-14-26(20-28)18-22-8-7-9-23(22)19-27-15-17-29(21-27)25-12-5-2-6-13-25/h14-17,22-25H,1-13,18-21H2/t22-,23-/m0/s1. The molecule has 4 nitrogen and oxygen atoms in total. The summed E-state index contributed by atoms with van der Waals surface area (Å²) in [4.78, 5) is 10.5. The lowest BCUT2D eigenvalue weighted by atomic mass is 9.94. The van der Waals surface area contributed by atoms with Crippen LogP contribution < -0.4 is 0 Å². The predicted octanol–water partition coefficient (Wildman–Crippen LogP) is 5.16. The molecule has 0 amide bonds. The van der Waals surface area contributed by atoms with E-state index >= 15 is 0 Å². The zero-order chi connectivity index (χ0) is 19.5. The minimum absolute atomic E-state index is 0.810. The van der Waals surface area contributed by atoms with Crippen LogP contribution in [0.3, 0.4) is 0 Å². The molecule has 29 heavy (non-hydrogen) atoms. The Morgan fingerprint density at radius 1 is 0.483 bits per heavy atom. The number of rotatable bonds is 6. The summed E-state index contributed by atoms with van der Waals surface area (Å²) >= 11 is 0. The van der Waals surface area contributed by atoms with Gasteiger partial charge < -0.3 is 19.6 Å². The van der Waals surface area contributed by atoms with Crippen molar-refractivity contribution in [3.8, 4) is 0 Å². The number of nitrogens with zero attached hydrogens (tertiary/aromatic N) is 4. The van der Waals surface area contributed by atoms with Gasteiger partial charge in [0.2, 0.25) is 0 Å². The molecular formula is C25H42N4. The van der Waals surface area contributed by atoms with Gasteiger partial charge in [0.05, 0.1) is 13.3 Å². The first-order chi connectivity index (χ1) is 14.3. The van der Waals surface area contributed by atoms with Crippen LogP contribution in [0, 0.1) is 11.8 Å². The Labute approximate surface area is 178 Å². The first kappa shape index (κ1) is 19.6. The second kappa shape index (κ2) is 9.22. The molecule has 0 spiro atoms. The van der Waals surface area contributed by atoms with Gasteiger partial charge in [-0.3, -0.25) is 0 Å². The van der Waals surface area contributed by atoms with Crippen molar-refractivity contribution < 1.29 is 0 Å². The molecular weight excluding hydrogens is 356 g/mol. The van der Waals surface area contributed by atoms with Gasteiger partial charge in [0.15, 0.2) is 0 Å². The molecule has 5 aliphatic rings. The Bertz CT molecular complexity index is 525. The second-order valence-corrected chi connectivity index (χ2v) is 10.5. The molecule has 3 saturated carbocycles. The summed E-state index contributed by atoms with van der Waals surface area (Å²) in [5, 5.41) is 0. The summed E-state index contributed by atoms with van der Waals surface area (Å²) in [5.41, 5.74) is 0. The van der Waals surface area contributed by atoms with Crippen molar-refractivity contribution in [3.05, 3.63) is 24.8 Å². The summed E-state index contributed by atoms with van der Waals surface area (Å²) in [6.45, 7) is 4.84. The van der Waals surface area contributed by atoms with Gasteiger partial charge in [0.25, 0.3) is 0 Å². The fourth-order valence-corrected chi connectivity index (χ4v) is 6.70. The van der Waals surface area contributed by atoms with Crippen LogP contribution in [0.5, 0.6) is 0 Å². The smallest absolute Gasteiger partial charge is 0.0896 e. The normalized spacial score (nSPS) is 31.6. The minimum atomic E-state index is 0.810. The molecule has 2 heterocycles. The third-order valence-electron chi connectivity index (χ3n) is 8.47. The first-order valence-electron chi connectivity index (χ1n) is 12.7. The average molecular weight is 399 g/mol. The highest BCUT2D eigenvalue weighted by molar-refractivity contribution is 4.98. The van der Waals surface area contributed by atoms with Gasteiger partial charge in [-0.05, 0) is 50.4 Å². The van der Waals surface area contributed by atoms with Crippen molar-refractivity contribution in [2.45, 2.75) is 95.6 Å². The molecule has 0 aromatic carbocycles. The molecule has 3 fully saturated rings. The summed E-state index contributed by atoms with van der Waals surface area (Å²) in [5.74, 6) is 1.76. The zero-order valence-corrected chi connectivity index (χ0v) is 18.4. The average Bonchev–Trinajstić information content (AvgIpc) is 3.52. The fraction of sp³-hybridized carbons (Fsp3) is 0.840. The lowest BCUT2D eigenvalue weighted by Crippen LogP contribution is -2.39. The van der Waals surface area contributed by atoms with E-state index < -0.39 is 0 Å². The van der Waals surface area contributed by atoms with Crippen molar-refractivity contribution in [1.82, 2.24) is 19.6 Å². The van der Waals surface area contributed by atoms with Crippen molar-refractivity contribution in [2.24, 2.45) is 11.8 Å². The van der Waals surface area contributed by atoms with Crippen molar-refractivity contribution in [1.29, 1.82) is 0 Å². The summed E-state index contributed by atoms with van der Waals surface area (Å²) in [6.07, 6.45) is 28.1. The molecule has 0 aromatic rings. The monoisotopic (exact) mass is 398 g/mol. The lowest BCUT2D eigenvalue weighted by Gasteiger charge is -2.35. The zero-order valence-electron chi connectivity index (χ0n) is 18.4. The Morgan fingerprint density at radius 2 is 0.931 bits per heavy atom. The van der Waals surface area contributed by atoms with Crippen LogP contribution in [0.2, 0.25) is 0 Å². The maximum absolute atomic E-state index is 2.63. The summed E-state index contributed by atoms with van der Waals surface area (Å²) in [7, 11) is 0. The lowest BCUT2D eigenvalue weighted by molar-refractivity contribution is 0.139. The van der Waals surface area contributed by atoms with E-state index in [1.807, 2.05) is 0 Å². The van der Waals surface area contributed by atoms with E-state index in [9.17, 15) is 0 Å². The highest BCUT2D eigenvalue weighted by Crippen LogP contribution is 2.35. The molecule has 3 aliphatic carbocycles. The van der Waals surface area contributed by atoms with Crippen LogP contribution >= 0.6 is 0 Å². The van der Waals surface area contributed by atoms with Crippen LogP contribution in [0.25, 0.3) is 0 Å². The molecule has 0 saturated heterocycles. The van der Waals surface area contributed by atoms with Crippen molar-refractivity contribution in [3.63, 3.8) is 0 Å². The predicted molar refractivity (Wildman–Crippen MR) is 120 cm³/mol. The largest absolute Gasteiger partial charge is 0.358 e. The molecule has 4 heteroatoms. The van der Waals surface area contributed by atoms with Crippen molar-refractivity contribution in [2.75, 3.05) is 26.4 Å². The van der Waals surface area contributed by atoms with E-state index in [1.165, 1.54) is 96.6 Å². The minimum Gasteiger partial charge on any atom is -0.358 e. The summed E-state index contributed by atoms with van der Waals surface area (Å²) < 4.78 is 0. The van der Waals surface area contributed by atoms with Crippen molar-refractivity contribution >= 4 is 0 Å². The van der Waals surface area contributed by atoms with E-state index in [0.29, 0.717) is 0 Å². The van der Waals surface area contributed by atoms with Gasteiger partial charge in [-0.15, -0.1) is 0 Å². The third-order valence-corrected chi connectivity index (χ3v) is 8.47. The van der Waals surface area contributed by atoms with Gasteiger partial charge in [-0.25, -0.2) is 0 Å². The molecule has 5 rings (SSSR count). The molecule has 2 atom stereocenters. The Kier molecular flexibility index (Phi) is 6.24. The summed E-state index contributed by atoms with van der Waals surface area (Å²) in [6, 6.07) is 1.62. The van der Waals surface area contributed by atoms with E-state index in [4.69, 9.17) is 0 Å². The van der Waals surface area contributed by atoms with Crippen LogP contribution in [0.1, 0.15) is 83.5 Å². The maximum Gasteiger partial charge on any atom is 0.0896 e. The third kappa shape index (κ3) is 4.72. The van der Waals surface area contributed by atoms with E-state index in [1.54, 1.807) is 0 Å². The molecule has 0 radical (unpaired) electrons. The molecule has 2 aliphatic heterocycles. The van der Waals surface area contributed by atoms with Gasteiger partial charge in [0.1, 0.15) is 0 Å². The molecule has 162 valence electrons. The second-order valence-electron chi connectivity index (χ2n) is 10.5. The van der Waals surface area contributed by atoms with Crippen LogP contribution in [-0.2, 0) is 0 Å². The molecule has 0 aromatic heterocycles. The molecule has 0 bridgehead atoms. The van der Waals surface area contributed by atoms with Crippen LogP contribution in [0.4, 0.5) is 0 Å². The SMILES string of the molecule is C1=CN(C2CCCCC2)CN1C[C@@H]1CCC[C@H]1CN1C=CN(C2CCCCC2)C1. The first-order valence-corrected chi connectivity index (χ1v) is 12.7. The number of hydrogen-bond acceptors (Lipinski definition) is 4. The van der Waals surface area contributed by atoms with Gasteiger partial charge in [0, 0.05) is 50.0 Å². The fourth-order valence-electron chi connectivity index (χ4n) is 6.70. The Balaban J connectivity index is 1.08. The van der Waals surface area contributed by atoms with Gasteiger partial charge in [-0.2, -0.15) is 0 Å². The Morgan fingerprint density at radius 3 is 1.38 bits per heavy atom. The molecule has 0 unspecified atom stereocenters. The highest BCUT2D eigenvalue weighted by Gasteiger charge is 2.33. The Hall–Kier alpha value is -1.32. The van der Waals surface area contributed by atoms with E-state index in [2.05, 4.69) is 44.4 Å². The maximum atomic E-state index is 2.63. The van der Waals surface area contributed by atoms with Crippen LogP contribution in [-0.4, -0.2) is 58.1 Å². The highest BCUT2D eigenvalue weighted by atomic mass is 15.4. The number of hydrogen-bond donors (Lipinski definition) is 0. The van der Waals surface area contributed by atoms with E-state index in [-0.39, 0.29) is 0 Å². The topological polar surface area (TPSA) is 13.0 Å². The van der Waals surface area contributed by atoms with E-state index in [0.717, 1.165) is 37.3 Å². The van der Waals surface area contributed by atoms with Gasteiger partial charge in [-0.1, -0.05) is 44.9 Å². The quantitative estimate of drug-likeness (QED) is 0.612.